The van der Waals surface area contributed by atoms with Gasteiger partial charge in [-0.2, -0.15) is 0 Å². The van der Waals surface area contributed by atoms with Crippen LogP contribution in [0.2, 0.25) is 0 Å². The summed E-state index contributed by atoms with van der Waals surface area (Å²) in [5.74, 6) is -0.0372. The highest BCUT2D eigenvalue weighted by atomic mass is 32.2. The first-order valence-electron chi connectivity index (χ1n) is 7.45. The van der Waals surface area contributed by atoms with E-state index in [1.54, 1.807) is 24.3 Å². The van der Waals surface area contributed by atoms with E-state index in [0.29, 0.717) is 0 Å². The van der Waals surface area contributed by atoms with Crippen molar-refractivity contribution in [2.24, 2.45) is 5.92 Å². The highest BCUT2D eigenvalue weighted by Gasteiger charge is 2.23. The van der Waals surface area contributed by atoms with Crippen LogP contribution in [0.15, 0.2) is 40.1 Å². The molecule has 0 atom stereocenters. The van der Waals surface area contributed by atoms with E-state index in [9.17, 15) is 13.2 Å². The van der Waals surface area contributed by atoms with Crippen LogP contribution >= 0.6 is 0 Å². The molecule has 0 heterocycles. The van der Waals surface area contributed by atoms with Gasteiger partial charge in [-0.25, -0.2) is 8.42 Å². The van der Waals surface area contributed by atoms with Gasteiger partial charge in [0.2, 0.25) is 9.84 Å². The first kappa shape index (κ1) is 16.0. The lowest BCUT2D eigenvalue weighted by atomic mass is 9.86. The minimum Gasteiger partial charge on any atom is -0.295 e. The SMILES string of the molecule is C/C(=C\C(=O)C1CCCCC1)S(=O)(=O)c1ccc(C)cc1. The highest BCUT2D eigenvalue weighted by Crippen LogP contribution is 2.26. The molecule has 0 saturated heterocycles. The summed E-state index contributed by atoms with van der Waals surface area (Å²) in [5.41, 5.74) is 1.01. The third-order valence-corrected chi connectivity index (χ3v) is 5.97. The molecule has 114 valence electrons. The van der Waals surface area contributed by atoms with Gasteiger partial charge < -0.3 is 0 Å². The van der Waals surface area contributed by atoms with Crippen molar-refractivity contribution < 1.29 is 13.2 Å². The fourth-order valence-electron chi connectivity index (χ4n) is 2.69. The van der Waals surface area contributed by atoms with Gasteiger partial charge in [0.15, 0.2) is 5.78 Å². The summed E-state index contributed by atoms with van der Waals surface area (Å²) in [4.78, 5) is 12.6. The van der Waals surface area contributed by atoms with Crippen molar-refractivity contribution >= 4 is 15.6 Å². The maximum Gasteiger partial charge on any atom is 0.202 e. The molecule has 1 aromatic rings. The second-order valence-electron chi connectivity index (χ2n) is 5.81. The molecule has 0 radical (unpaired) electrons. The molecule has 21 heavy (non-hydrogen) atoms. The summed E-state index contributed by atoms with van der Waals surface area (Å²) in [6.07, 6.45) is 6.39. The van der Waals surface area contributed by atoms with E-state index in [1.807, 2.05) is 6.92 Å². The first-order chi connectivity index (χ1) is 9.91. The molecule has 0 aromatic heterocycles. The Morgan fingerprint density at radius 2 is 1.67 bits per heavy atom. The Labute approximate surface area is 127 Å². The number of hydrogen-bond acceptors (Lipinski definition) is 3. The fourth-order valence-corrected chi connectivity index (χ4v) is 3.82. The lowest BCUT2D eigenvalue weighted by Crippen LogP contribution is -2.17. The second kappa shape index (κ2) is 6.56. The van der Waals surface area contributed by atoms with E-state index in [-0.39, 0.29) is 21.5 Å². The van der Waals surface area contributed by atoms with Crippen molar-refractivity contribution in [3.63, 3.8) is 0 Å². The van der Waals surface area contributed by atoms with Crippen molar-refractivity contribution in [1.29, 1.82) is 0 Å². The smallest absolute Gasteiger partial charge is 0.202 e. The minimum atomic E-state index is -3.55. The van der Waals surface area contributed by atoms with Crippen molar-refractivity contribution in [1.82, 2.24) is 0 Å². The van der Waals surface area contributed by atoms with E-state index < -0.39 is 9.84 Å². The molecule has 2 rings (SSSR count). The maximum absolute atomic E-state index is 12.4. The number of carbonyl (C=O) groups is 1. The molecule has 1 aliphatic rings. The molecule has 3 nitrogen and oxygen atoms in total. The molecule has 0 bridgehead atoms. The van der Waals surface area contributed by atoms with E-state index >= 15 is 0 Å². The van der Waals surface area contributed by atoms with Gasteiger partial charge in [0.05, 0.1) is 4.90 Å². The summed E-state index contributed by atoms with van der Waals surface area (Å²) >= 11 is 0. The van der Waals surface area contributed by atoms with Gasteiger partial charge in [0, 0.05) is 10.8 Å². The van der Waals surface area contributed by atoms with Crippen LogP contribution in [0.5, 0.6) is 0 Å². The topological polar surface area (TPSA) is 51.2 Å². The molecule has 4 heteroatoms. The Balaban J connectivity index is 2.20. The zero-order valence-electron chi connectivity index (χ0n) is 12.6. The monoisotopic (exact) mass is 306 g/mol. The van der Waals surface area contributed by atoms with Crippen molar-refractivity contribution in [3.8, 4) is 0 Å². The van der Waals surface area contributed by atoms with Gasteiger partial charge in [0.1, 0.15) is 0 Å². The average molecular weight is 306 g/mol. The van der Waals surface area contributed by atoms with Crippen LogP contribution in [0.3, 0.4) is 0 Å². The summed E-state index contributed by atoms with van der Waals surface area (Å²) in [7, 11) is -3.55. The quantitative estimate of drug-likeness (QED) is 0.795. The minimum absolute atomic E-state index is 0.00178. The predicted molar refractivity (Wildman–Crippen MR) is 83.7 cm³/mol. The highest BCUT2D eigenvalue weighted by molar-refractivity contribution is 7.95. The van der Waals surface area contributed by atoms with Crippen LogP contribution in [0, 0.1) is 12.8 Å². The van der Waals surface area contributed by atoms with Gasteiger partial charge in [-0.05, 0) is 44.9 Å². The number of rotatable bonds is 4. The third kappa shape index (κ3) is 3.82. The number of carbonyl (C=O) groups excluding carboxylic acids is 1. The Morgan fingerprint density at radius 3 is 2.24 bits per heavy atom. The number of benzene rings is 1. The summed E-state index contributed by atoms with van der Waals surface area (Å²) < 4.78 is 24.9. The number of hydrogen-bond donors (Lipinski definition) is 0. The largest absolute Gasteiger partial charge is 0.295 e. The van der Waals surface area contributed by atoms with E-state index in [1.165, 1.54) is 19.4 Å². The number of allylic oxidation sites excluding steroid dienone is 2. The summed E-state index contributed by atoms with van der Waals surface area (Å²) in [5, 5.41) is 0. The second-order valence-corrected chi connectivity index (χ2v) is 7.93. The molecule has 1 saturated carbocycles. The Kier molecular flexibility index (Phi) is 4.99. The summed E-state index contributed by atoms with van der Waals surface area (Å²) in [6, 6.07) is 6.71. The molecule has 1 aliphatic carbocycles. The van der Waals surface area contributed by atoms with Crippen molar-refractivity contribution in [2.75, 3.05) is 0 Å². The van der Waals surface area contributed by atoms with Crippen molar-refractivity contribution in [2.45, 2.75) is 50.8 Å². The first-order valence-corrected chi connectivity index (χ1v) is 8.93. The van der Waals surface area contributed by atoms with Crippen LogP contribution in [0.4, 0.5) is 0 Å². The average Bonchev–Trinajstić information content (AvgIpc) is 2.48. The maximum atomic E-state index is 12.4. The van der Waals surface area contributed by atoms with Gasteiger partial charge in [-0.3, -0.25) is 4.79 Å². The molecular weight excluding hydrogens is 284 g/mol. The van der Waals surface area contributed by atoms with Gasteiger partial charge in [-0.15, -0.1) is 0 Å². The zero-order valence-corrected chi connectivity index (χ0v) is 13.4. The lowest BCUT2D eigenvalue weighted by Gasteiger charge is -2.19. The van der Waals surface area contributed by atoms with Gasteiger partial charge in [-0.1, -0.05) is 37.0 Å². The van der Waals surface area contributed by atoms with Crippen LogP contribution in [0.1, 0.15) is 44.6 Å². The Hall–Kier alpha value is -1.42. The standard InChI is InChI=1S/C17H22O3S/c1-13-8-10-16(11-9-13)21(19,20)14(2)12-17(18)15-6-4-3-5-7-15/h8-12,15H,3-7H2,1-2H3/b14-12+. The van der Waals surface area contributed by atoms with E-state index in [4.69, 9.17) is 0 Å². The van der Waals surface area contributed by atoms with E-state index in [0.717, 1.165) is 31.2 Å². The molecule has 0 spiro atoms. The lowest BCUT2D eigenvalue weighted by molar-refractivity contribution is -0.119. The third-order valence-electron chi connectivity index (χ3n) is 4.11. The summed E-state index contributed by atoms with van der Waals surface area (Å²) in [6.45, 7) is 3.42. The fraction of sp³-hybridized carbons (Fsp3) is 0.471. The molecule has 0 amide bonds. The van der Waals surface area contributed by atoms with E-state index in [2.05, 4.69) is 0 Å². The molecule has 0 N–H and O–H groups in total. The zero-order chi connectivity index (χ0) is 15.5. The molecule has 1 aromatic carbocycles. The normalized spacial score (nSPS) is 17.7. The number of ketones is 1. The molecular formula is C17H22O3S. The Bertz CT molecular complexity index is 633. The van der Waals surface area contributed by atoms with Crippen LogP contribution in [-0.4, -0.2) is 14.2 Å². The number of aryl methyl sites for hydroxylation is 1. The van der Waals surface area contributed by atoms with Gasteiger partial charge >= 0.3 is 0 Å². The predicted octanol–water partition coefficient (Wildman–Crippen LogP) is 3.82. The molecule has 0 unspecified atom stereocenters. The van der Waals surface area contributed by atoms with Crippen LogP contribution < -0.4 is 0 Å². The number of sulfone groups is 1. The van der Waals surface area contributed by atoms with Crippen LogP contribution in [0.25, 0.3) is 0 Å². The van der Waals surface area contributed by atoms with Crippen molar-refractivity contribution in [3.05, 3.63) is 40.8 Å². The van der Waals surface area contributed by atoms with Gasteiger partial charge in [0.25, 0.3) is 0 Å². The van der Waals surface area contributed by atoms with Crippen LogP contribution in [-0.2, 0) is 14.6 Å². The molecule has 0 aliphatic heterocycles. The Morgan fingerprint density at radius 1 is 1.10 bits per heavy atom. The molecule has 1 fully saturated rings.